The number of ether oxygens (including phenoxy) is 1. The van der Waals surface area contributed by atoms with E-state index in [2.05, 4.69) is 37.3 Å². The van der Waals surface area contributed by atoms with Gasteiger partial charge in [0, 0.05) is 38.3 Å². The van der Waals surface area contributed by atoms with Crippen LogP contribution in [0.25, 0.3) is 0 Å². The second-order valence-corrected chi connectivity index (χ2v) is 13.0. The Labute approximate surface area is 315 Å². The van der Waals surface area contributed by atoms with Gasteiger partial charge in [-0.05, 0) is 62.6 Å². The molecule has 1 aromatic heterocycles. The molecule has 0 radical (unpaired) electrons. The van der Waals surface area contributed by atoms with Crippen molar-refractivity contribution in [2.24, 2.45) is 16.6 Å². The molecule has 1 aromatic carbocycles. The van der Waals surface area contributed by atoms with Crippen molar-refractivity contribution in [3.8, 4) is 5.75 Å². The molecule has 0 bridgehead atoms. The summed E-state index contributed by atoms with van der Waals surface area (Å²) in [5.41, 5.74) is 7.10. The molecule has 1 saturated heterocycles. The number of phenolic OH excluding ortho intramolecular Hbond substituents is 1. The van der Waals surface area contributed by atoms with E-state index in [0.29, 0.717) is 36.9 Å². The van der Waals surface area contributed by atoms with Gasteiger partial charge in [0.25, 0.3) is 0 Å². The van der Waals surface area contributed by atoms with Gasteiger partial charge in [0.05, 0.1) is 35.7 Å². The molecule has 3 rings (SSSR count). The average Bonchev–Trinajstić information content (AvgIpc) is 3.15. The summed E-state index contributed by atoms with van der Waals surface area (Å²) in [6.45, 7) is 25.5. The van der Waals surface area contributed by atoms with E-state index in [4.69, 9.17) is 15.9 Å². The van der Waals surface area contributed by atoms with Gasteiger partial charge in [-0.1, -0.05) is 93.4 Å². The van der Waals surface area contributed by atoms with E-state index in [0.717, 1.165) is 24.9 Å². The predicted octanol–water partition coefficient (Wildman–Crippen LogP) is 9.53. The molecule has 52 heavy (non-hydrogen) atoms. The highest BCUT2D eigenvalue weighted by Crippen LogP contribution is 2.29. The summed E-state index contributed by atoms with van der Waals surface area (Å²) in [4.78, 5) is 12.3. The number of nitrogens with zero attached hydrogens (tertiary/aromatic N) is 4. The zero-order chi connectivity index (χ0) is 40.7. The lowest BCUT2D eigenvalue weighted by molar-refractivity contribution is 0.0677. The number of anilines is 1. The minimum absolute atomic E-state index is 0.00250. The molecule has 4 N–H and O–H groups in total. The number of nitrogens with one attached hydrogen (secondary N) is 1. The highest BCUT2D eigenvalue weighted by atomic mass is 32.2. The number of phenols is 1. The Balaban J connectivity index is -0.000000652. The number of hydrogen-bond acceptors (Lipinski definition) is 9. The fraction of sp³-hybridized carbons (Fsp3) is 0.525. The fourth-order valence-corrected chi connectivity index (χ4v) is 5.97. The lowest BCUT2D eigenvalue weighted by Gasteiger charge is -2.29. The van der Waals surface area contributed by atoms with E-state index >= 15 is 0 Å². The lowest BCUT2D eigenvalue weighted by Crippen LogP contribution is -2.41. The number of morpholine rings is 1. The zero-order valence-electron chi connectivity index (χ0n) is 34.0. The highest BCUT2D eigenvalue weighted by Gasteiger charge is 2.24. The number of halogens is 1. The largest absolute Gasteiger partial charge is 0.508 e. The predicted molar refractivity (Wildman–Crippen MR) is 221 cm³/mol. The molecule has 296 valence electrons. The Bertz CT molecular complexity index is 1440. The lowest BCUT2D eigenvalue weighted by atomic mass is 10.0. The number of aliphatic imine (C=N–C) groups is 1. The van der Waals surface area contributed by atoms with Crippen LogP contribution in [0.15, 0.2) is 87.8 Å². The number of rotatable bonds is 10. The summed E-state index contributed by atoms with van der Waals surface area (Å²) in [5.74, 6) is -0.0691. The normalized spacial score (nSPS) is 13.3. The summed E-state index contributed by atoms with van der Waals surface area (Å²) < 4.78 is 43.8. The van der Waals surface area contributed by atoms with Crippen LogP contribution in [0.4, 0.5) is 10.1 Å². The number of nitrogens with two attached hydrogens (primary N) is 1. The zero-order valence-corrected chi connectivity index (χ0v) is 34.9. The number of pyridine rings is 1. The van der Waals surface area contributed by atoms with Crippen molar-refractivity contribution < 1.29 is 22.7 Å². The standard InChI is InChI=1S/C15H22O3S.C10H16FN3O.C8H11N3.C3H8.2C2H6/c1-4-6-8-12(3)15(5-2)19(17,18)14-10-7-9-13(16)11-14;1-3-9(11)10(13-8(2)12)14-4-6-15-7-5-14;1-11(2)8-4-3-7(5-9)10-6-8;1-3-2;2*1-2/h5,7,9-12,16H,4,6,8H2,1-3H3;3H,2,4-7,12H2,1H3;3-6,9H,1-2H3;3H2,1-2H3;2*1-2H3/b15-5+;9-3+,13-10+;;;;. The number of aromatic hydroxyl groups is 1. The van der Waals surface area contributed by atoms with Gasteiger partial charge in [0.15, 0.2) is 11.7 Å². The summed E-state index contributed by atoms with van der Waals surface area (Å²) >= 11 is 0. The molecule has 0 aliphatic carbocycles. The van der Waals surface area contributed by atoms with E-state index in [9.17, 15) is 17.9 Å². The number of aromatic nitrogens is 1. The highest BCUT2D eigenvalue weighted by molar-refractivity contribution is 7.95. The van der Waals surface area contributed by atoms with Crippen molar-refractivity contribution >= 4 is 27.6 Å². The number of sulfone groups is 1. The average molecular weight is 749 g/mol. The van der Waals surface area contributed by atoms with Crippen LogP contribution in [0, 0.1) is 11.3 Å². The third-order valence-corrected chi connectivity index (χ3v) is 8.79. The SMILES string of the molecule is C/C=C(\C(C)CCCC)S(=O)(=O)c1cccc(O)c1.C=C(N)/N=C(\C(F)=C/C)N1CCOCC1.CC.CC.CCC.CN(C)c1ccc(C=N)nc1. The van der Waals surface area contributed by atoms with Gasteiger partial charge >= 0.3 is 0 Å². The van der Waals surface area contributed by atoms with Crippen LogP contribution in [-0.4, -0.2) is 75.9 Å². The van der Waals surface area contributed by atoms with Crippen LogP contribution in [-0.2, 0) is 14.6 Å². The first-order valence-corrected chi connectivity index (χ1v) is 19.7. The Morgan fingerprint density at radius 3 is 2.10 bits per heavy atom. The second kappa shape index (κ2) is 31.7. The van der Waals surface area contributed by atoms with Crippen LogP contribution in [0.1, 0.15) is 101 Å². The second-order valence-electron chi connectivity index (χ2n) is 11.1. The third-order valence-electron chi connectivity index (χ3n) is 6.66. The number of hydrogen-bond donors (Lipinski definition) is 3. The Hall–Kier alpha value is -4.03. The van der Waals surface area contributed by atoms with Crippen LogP contribution in [0.3, 0.4) is 0 Å². The Morgan fingerprint density at radius 2 is 1.69 bits per heavy atom. The van der Waals surface area contributed by atoms with E-state index < -0.39 is 9.84 Å². The molecule has 0 amide bonds. The summed E-state index contributed by atoms with van der Waals surface area (Å²) in [7, 11) is 0.417. The maximum Gasteiger partial charge on any atom is 0.202 e. The molecule has 0 saturated carbocycles. The Kier molecular flexibility index (Phi) is 31.9. The number of amidine groups is 1. The number of unbranched alkanes of at least 4 members (excludes halogenated alkanes) is 1. The molecular formula is C40H69FN6O4S. The van der Waals surface area contributed by atoms with E-state index in [1.165, 1.54) is 36.9 Å². The molecule has 10 nitrogen and oxygen atoms in total. The van der Waals surface area contributed by atoms with Gasteiger partial charge in [0.1, 0.15) is 11.6 Å². The van der Waals surface area contributed by atoms with Crippen molar-refractivity contribution in [2.45, 2.75) is 99.8 Å². The molecule has 1 aliphatic heterocycles. The first kappa shape index (κ1) is 52.3. The molecule has 0 spiro atoms. The fourth-order valence-electron chi connectivity index (χ4n) is 4.21. The first-order chi connectivity index (χ1) is 24.7. The van der Waals surface area contributed by atoms with E-state index in [1.807, 2.05) is 65.7 Å². The van der Waals surface area contributed by atoms with Crippen molar-refractivity contribution in [3.63, 3.8) is 0 Å². The van der Waals surface area contributed by atoms with Crippen LogP contribution in [0.5, 0.6) is 5.75 Å². The Morgan fingerprint density at radius 1 is 1.12 bits per heavy atom. The smallest absolute Gasteiger partial charge is 0.202 e. The molecule has 1 aliphatic rings. The molecule has 12 heteroatoms. The third kappa shape index (κ3) is 21.4. The van der Waals surface area contributed by atoms with Gasteiger partial charge in [-0.25, -0.2) is 17.8 Å². The van der Waals surface area contributed by atoms with E-state index in [1.54, 1.807) is 37.1 Å². The minimum atomic E-state index is -3.50. The first-order valence-electron chi connectivity index (χ1n) is 18.3. The summed E-state index contributed by atoms with van der Waals surface area (Å²) in [6.07, 6.45) is 10.2. The molecular weight excluding hydrogens is 680 g/mol. The topological polar surface area (TPSA) is 145 Å². The van der Waals surface area contributed by atoms with Crippen LogP contribution >= 0.6 is 0 Å². The summed E-state index contributed by atoms with van der Waals surface area (Å²) in [5, 5.41) is 16.3. The van der Waals surface area contributed by atoms with Gasteiger partial charge in [0.2, 0.25) is 9.84 Å². The molecule has 2 aromatic rings. The van der Waals surface area contributed by atoms with Crippen molar-refractivity contribution in [3.05, 3.63) is 83.6 Å². The van der Waals surface area contributed by atoms with Crippen molar-refractivity contribution in [1.29, 1.82) is 5.41 Å². The quantitative estimate of drug-likeness (QED) is 0.161. The van der Waals surface area contributed by atoms with Crippen LogP contribution in [0.2, 0.25) is 0 Å². The van der Waals surface area contributed by atoms with Crippen molar-refractivity contribution in [2.75, 3.05) is 45.3 Å². The molecule has 2 heterocycles. The maximum absolute atomic E-state index is 13.5. The number of allylic oxidation sites excluding steroid dienone is 3. The van der Waals surface area contributed by atoms with Gasteiger partial charge in [-0.3, -0.25) is 4.98 Å². The van der Waals surface area contributed by atoms with E-state index in [-0.39, 0.29) is 34.0 Å². The monoisotopic (exact) mass is 749 g/mol. The molecule has 1 unspecified atom stereocenters. The van der Waals surface area contributed by atoms with Gasteiger partial charge < -0.3 is 30.8 Å². The minimum Gasteiger partial charge on any atom is -0.508 e. The number of benzene rings is 1. The van der Waals surface area contributed by atoms with Crippen molar-refractivity contribution in [1.82, 2.24) is 9.88 Å². The van der Waals surface area contributed by atoms with Crippen LogP contribution < -0.4 is 10.6 Å². The maximum atomic E-state index is 13.5. The van der Waals surface area contributed by atoms with Gasteiger partial charge in [-0.2, -0.15) is 0 Å². The molecule has 1 fully saturated rings. The van der Waals surface area contributed by atoms with Gasteiger partial charge in [-0.15, -0.1) is 0 Å². The molecule has 1 atom stereocenters. The summed E-state index contributed by atoms with van der Waals surface area (Å²) in [6, 6.07) is 9.59.